The number of furan rings is 1. The SMILES string of the molecule is Cc1ccc2c(CC(=O)N(C)CC(C)(C)CN)coc2c1C.Cl. The second kappa shape index (κ2) is 7.37. The van der Waals surface area contributed by atoms with Crippen LogP contribution in [0.15, 0.2) is 22.8 Å². The highest BCUT2D eigenvalue weighted by atomic mass is 35.5. The Balaban J connectivity index is 0.00000264. The maximum Gasteiger partial charge on any atom is 0.226 e. The van der Waals surface area contributed by atoms with Crippen molar-refractivity contribution in [2.24, 2.45) is 11.1 Å². The molecule has 1 aromatic carbocycles. The molecule has 5 heteroatoms. The Kier molecular flexibility index (Phi) is 6.25. The molecule has 0 aliphatic heterocycles. The molecule has 1 heterocycles. The average Bonchev–Trinajstić information content (AvgIpc) is 2.86. The molecular weight excluding hydrogens is 312 g/mol. The second-order valence-electron chi connectivity index (χ2n) is 6.94. The van der Waals surface area contributed by atoms with Gasteiger partial charge in [-0.25, -0.2) is 0 Å². The van der Waals surface area contributed by atoms with Gasteiger partial charge in [-0.3, -0.25) is 4.79 Å². The Hall–Kier alpha value is -1.52. The van der Waals surface area contributed by atoms with E-state index >= 15 is 0 Å². The number of halogens is 1. The Labute approximate surface area is 144 Å². The van der Waals surface area contributed by atoms with E-state index in [4.69, 9.17) is 10.2 Å². The van der Waals surface area contributed by atoms with Crippen molar-refractivity contribution in [2.75, 3.05) is 20.1 Å². The number of amides is 1. The van der Waals surface area contributed by atoms with E-state index in [2.05, 4.69) is 26.8 Å². The number of likely N-dealkylation sites (N-methyl/N-ethyl adjacent to an activating group) is 1. The van der Waals surface area contributed by atoms with Gasteiger partial charge in [0, 0.05) is 24.5 Å². The van der Waals surface area contributed by atoms with Gasteiger partial charge < -0.3 is 15.1 Å². The molecule has 128 valence electrons. The third kappa shape index (κ3) is 4.27. The monoisotopic (exact) mass is 338 g/mol. The standard InChI is InChI=1S/C18H26N2O2.ClH/c1-12-6-7-15-14(9-22-17(15)13(12)2)8-16(21)20(5)11-18(3,4)10-19;/h6-7,9H,8,10-11,19H2,1-5H3;1H. The lowest BCUT2D eigenvalue weighted by atomic mass is 9.93. The van der Waals surface area contributed by atoms with Crippen LogP contribution in [0.1, 0.15) is 30.5 Å². The summed E-state index contributed by atoms with van der Waals surface area (Å²) < 4.78 is 5.67. The maximum absolute atomic E-state index is 12.4. The number of fused-ring (bicyclic) bond motifs is 1. The number of nitrogens with two attached hydrogens (primary N) is 1. The summed E-state index contributed by atoms with van der Waals surface area (Å²) in [5, 5.41) is 1.03. The Bertz CT molecular complexity index is 692. The lowest BCUT2D eigenvalue weighted by Crippen LogP contribution is -2.40. The maximum atomic E-state index is 12.4. The molecule has 0 unspecified atom stereocenters. The van der Waals surface area contributed by atoms with Gasteiger partial charge in [0.05, 0.1) is 12.7 Å². The Morgan fingerprint density at radius 3 is 2.57 bits per heavy atom. The molecule has 0 atom stereocenters. The predicted octanol–water partition coefficient (Wildman–Crippen LogP) is 3.46. The highest BCUT2D eigenvalue weighted by molar-refractivity contribution is 5.89. The van der Waals surface area contributed by atoms with Crippen molar-refractivity contribution in [3.63, 3.8) is 0 Å². The van der Waals surface area contributed by atoms with Crippen molar-refractivity contribution in [2.45, 2.75) is 34.1 Å². The summed E-state index contributed by atoms with van der Waals surface area (Å²) in [5.41, 5.74) is 9.83. The molecular formula is C18H27ClN2O2. The third-order valence-electron chi connectivity index (χ3n) is 4.33. The molecule has 1 aromatic heterocycles. The minimum Gasteiger partial charge on any atom is -0.464 e. The highest BCUT2D eigenvalue weighted by Gasteiger charge is 2.22. The van der Waals surface area contributed by atoms with E-state index in [1.807, 2.05) is 20.0 Å². The van der Waals surface area contributed by atoms with Gasteiger partial charge in [-0.15, -0.1) is 12.4 Å². The molecule has 2 N–H and O–H groups in total. The van der Waals surface area contributed by atoms with Crippen molar-refractivity contribution in [1.82, 2.24) is 4.90 Å². The fraction of sp³-hybridized carbons (Fsp3) is 0.500. The van der Waals surface area contributed by atoms with Gasteiger partial charge >= 0.3 is 0 Å². The first-order chi connectivity index (χ1) is 10.2. The van der Waals surface area contributed by atoms with Gasteiger partial charge in [0.25, 0.3) is 0 Å². The summed E-state index contributed by atoms with van der Waals surface area (Å²) in [6.45, 7) is 9.44. The van der Waals surface area contributed by atoms with Crippen LogP contribution in [-0.2, 0) is 11.2 Å². The molecule has 0 radical (unpaired) electrons. The number of carbonyl (C=O) groups excluding carboxylic acids is 1. The van der Waals surface area contributed by atoms with Crippen molar-refractivity contribution < 1.29 is 9.21 Å². The minimum absolute atomic E-state index is 0. The summed E-state index contributed by atoms with van der Waals surface area (Å²) >= 11 is 0. The van der Waals surface area contributed by atoms with E-state index in [0.29, 0.717) is 19.5 Å². The average molecular weight is 339 g/mol. The predicted molar refractivity (Wildman–Crippen MR) is 97.1 cm³/mol. The van der Waals surface area contributed by atoms with Crippen molar-refractivity contribution in [3.05, 3.63) is 35.1 Å². The number of nitrogens with zero attached hydrogens (tertiary/aromatic N) is 1. The summed E-state index contributed by atoms with van der Waals surface area (Å²) in [7, 11) is 1.83. The molecule has 0 saturated carbocycles. The van der Waals surface area contributed by atoms with Gasteiger partial charge in [-0.2, -0.15) is 0 Å². The van der Waals surface area contributed by atoms with E-state index in [-0.39, 0.29) is 23.7 Å². The van der Waals surface area contributed by atoms with E-state index in [1.54, 1.807) is 11.2 Å². The largest absolute Gasteiger partial charge is 0.464 e. The third-order valence-corrected chi connectivity index (χ3v) is 4.33. The van der Waals surface area contributed by atoms with E-state index in [0.717, 1.165) is 22.1 Å². The van der Waals surface area contributed by atoms with Crippen molar-refractivity contribution in [3.8, 4) is 0 Å². The van der Waals surface area contributed by atoms with Crippen LogP contribution in [-0.4, -0.2) is 30.9 Å². The number of hydrogen-bond acceptors (Lipinski definition) is 3. The molecule has 0 aliphatic carbocycles. The molecule has 0 aliphatic rings. The number of rotatable bonds is 5. The molecule has 0 bridgehead atoms. The topological polar surface area (TPSA) is 59.5 Å². The first-order valence-corrected chi connectivity index (χ1v) is 7.65. The van der Waals surface area contributed by atoms with Crippen LogP contribution in [0.25, 0.3) is 11.0 Å². The molecule has 23 heavy (non-hydrogen) atoms. The molecule has 1 amide bonds. The quantitative estimate of drug-likeness (QED) is 0.908. The van der Waals surface area contributed by atoms with E-state index < -0.39 is 0 Å². The smallest absolute Gasteiger partial charge is 0.226 e. The van der Waals surface area contributed by atoms with Crippen LogP contribution >= 0.6 is 12.4 Å². The van der Waals surface area contributed by atoms with E-state index in [1.165, 1.54) is 5.56 Å². The highest BCUT2D eigenvalue weighted by Crippen LogP contribution is 2.27. The number of hydrogen-bond donors (Lipinski definition) is 1. The first-order valence-electron chi connectivity index (χ1n) is 7.65. The fourth-order valence-electron chi connectivity index (χ4n) is 2.62. The van der Waals surface area contributed by atoms with Gasteiger partial charge in [0.15, 0.2) is 0 Å². The van der Waals surface area contributed by atoms with Gasteiger partial charge in [-0.05, 0) is 36.9 Å². The molecule has 0 spiro atoms. The molecule has 4 nitrogen and oxygen atoms in total. The van der Waals surface area contributed by atoms with Gasteiger partial charge in [0.2, 0.25) is 5.91 Å². The van der Waals surface area contributed by atoms with Gasteiger partial charge in [-0.1, -0.05) is 26.0 Å². The number of carbonyl (C=O) groups is 1. The van der Waals surface area contributed by atoms with Crippen LogP contribution in [0.5, 0.6) is 0 Å². The van der Waals surface area contributed by atoms with Crippen LogP contribution < -0.4 is 5.73 Å². The van der Waals surface area contributed by atoms with Crippen LogP contribution in [0.2, 0.25) is 0 Å². The number of aryl methyl sites for hydroxylation is 2. The normalized spacial score (nSPS) is 11.4. The van der Waals surface area contributed by atoms with Crippen LogP contribution in [0, 0.1) is 19.3 Å². The Morgan fingerprint density at radius 2 is 1.96 bits per heavy atom. The van der Waals surface area contributed by atoms with Crippen molar-refractivity contribution in [1.29, 1.82) is 0 Å². The van der Waals surface area contributed by atoms with Crippen molar-refractivity contribution >= 4 is 29.3 Å². The van der Waals surface area contributed by atoms with Crippen LogP contribution in [0.3, 0.4) is 0 Å². The molecule has 2 rings (SSSR count). The summed E-state index contributed by atoms with van der Waals surface area (Å²) in [6.07, 6.45) is 2.06. The summed E-state index contributed by atoms with van der Waals surface area (Å²) in [5.74, 6) is 0.0856. The minimum atomic E-state index is -0.0728. The van der Waals surface area contributed by atoms with Gasteiger partial charge in [0.1, 0.15) is 5.58 Å². The molecule has 2 aromatic rings. The first kappa shape index (κ1) is 19.5. The number of benzene rings is 1. The Morgan fingerprint density at radius 1 is 1.30 bits per heavy atom. The van der Waals surface area contributed by atoms with E-state index in [9.17, 15) is 4.79 Å². The van der Waals surface area contributed by atoms with Crippen LogP contribution in [0.4, 0.5) is 0 Å². The molecule has 0 fully saturated rings. The lowest BCUT2D eigenvalue weighted by molar-refractivity contribution is -0.130. The lowest BCUT2D eigenvalue weighted by Gasteiger charge is -2.29. The summed E-state index contributed by atoms with van der Waals surface area (Å²) in [4.78, 5) is 14.2. The zero-order valence-electron chi connectivity index (χ0n) is 14.6. The summed E-state index contributed by atoms with van der Waals surface area (Å²) in [6, 6.07) is 4.11. The zero-order valence-corrected chi connectivity index (χ0v) is 15.4. The zero-order chi connectivity index (χ0) is 16.5. The second-order valence-corrected chi connectivity index (χ2v) is 6.94. The fourth-order valence-corrected chi connectivity index (χ4v) is 2.62. The molecule has 0 saturated heterocycles.